The Hall–Kier alpha value is 0.389. The van der Waals surface area contributed by atoms with Gasteiger partial charge in [-0.05, 0) is 6.42 Å². The molecule has 0 heterocycles. The van der Waals surface area contributed by atoms with E-state index in [1.807, 2.05) is 0 Å². The molecule has 0 atom stereocenters. The van der Waals surface area contributed by atoms with Crippen LogP contribution in [0.4, 0.5) is 0 Å². The number of hydrogen-bond donors (Lipinski definition) is 1. The molecule has 0 bridgehead atoms. The molecule has 0 aliphatic carbocycles. The molecule has 0 aliphatic heterocycles. The van der Waals surface area contributed by atoms with Crippen molar-refractivity contribution in [2.45, 2.75) is 71.1 Å². The van der Waals surface area contributed by atoms with Gasteiger partial charge in [0, 0.05) is 17.1 Å². The van der Waals surface area contributed by atoms with Gasteiger partial charge in [-0.25, -0.2) is 4.18 Å². The van der Waals surface area contributed by atoms with Gasteiger partial charge in [0.1, 0.15) is 0 Å². The quantitative estimate of drug-likeness (QED) is 0.338. The second-order valence-electron chi connectivity index (χ2n) is 4.43. The molecule has 0 aromatic carbocycles. The van der Waals surface area contributed by atoms with Gasteiger partial charge in [-0.3, -0.25) is 4.55 Å². The van der Waals surface area contributed by atoms with Gasteiger partial charge in [0.05, 0.1) is 6.61 Å². The predicted molar refractivity (Wildman–Crippen MR) is 69.3 cm³/mol. The molecule has 0 saturated carbocycles. The van der Waals surface area contributed by atoms with Crippen molar-refractivity contribution in [2.75, 3.05) is 6.61 Å². The van der Waals surface area contributed by atoms with Crippen LogP contribution in [-0.4, -0.2) is 19.6 Å². The largest absolute Gasteiger partial charge is 0.397 e. The van der Waals surface area contributed by atoms with E-state index in [2.05, 4.69) is 11.1 Å². The zero-order valence-corrected chi connectivity index (χ0v) is 13.2. The van der Waals surface area contributed by atoms with E-state index in [0.717, 1.165) is 12.8 Å². The van der Waals surface area contributed by atoms with Crippen LogP contribution in [0.1, 0.15) is 71.1 Å². The molecule has 1 N–H and O–H groups in total. The van der Waals surface area contributed by atoms with Crippen molar-refractivity contribution >= 4 is 10.4 Å². The Kier molecular flexibility index (Phi) is 15.9. The first kappa shape index (κ1) is 20.7. The SMILES string of the molecule is CCCCCCCCCCCCOS(=O)(=O)O.[Mn]. The van der Waals surface area contributed by atoms with Gasteiger partial charge < -0.3 is 0 Å². The molecule has 111 valence electrons. The zero-order valence-electron chi connectivity index (χ0n) is 11.2. The summed E-state index contributed by atoms with van der Waals surface area (Å²) in [5.74, 6) is 0. The van der Waals surface area contributed by atoms with E-state index < -0.39 is 10.4 Å². The molecule has 18 heavy (non-hydrogen) atoms. The van der Waals surface area contributed by atoms with Gasteiger partial charge >= 0.3 is 10.4 Å². The normalized spacial score (nSPS) is 11.2. The molecule has 1 radical (unpaired) electrons. The third kappa shape index (κ3) is 18.7. The van der Waals surface area contributed by atoms with Crippen molar-refractivity contribution in [3.8, 4) is 0 Å². The molecular weight excluding hydrogens is 295 g/mol. The van der Waals surface area contributed by atoms with Crippen LogP contribution in [0.15, 0.2) is 0 Å². The van der Waals surface area contributed by atoms with E-state index in [1.54, 1.807) is 0 Å². The third-order valence-electron chi connectivity index (χ3n) is 2.73. The number of rotatable bonds is 12. The van der Waals surface area contributed by atoms with E-state index in [-0.39, 0.29) is 23.7 Å². The van der Waals surface area contributed by atoms with E-state index >= 15 is 0 Å². The van der Waals surface area contributed by atoms with Gasteiger partial charge in [0.2, 0.25) is 0 Å². The van der Waals surface area contributed by atoms with E-state index in [1.165, 1.54) is 44.9 Å². The minimum absolute atomic E-state index is 0. The molecular formula is C12H26MnO4S. The Morgan fingerprint density at radius 1 is 0.833 bits per heavy atom. The van der Waals surface area contributed by atoms with Gasteiger partial charge in [-0.15, -0.1) is 0 Å². The Labute approximate surface area is 122 Å². The van der Waals surface area contributed by atoms with Gasteiger partial charge in [0.25, 0.3) is 0 Å². The fraction of sp³-hybridized carbons (Fsp3) is 1.00. The second kappa shape index (κ2) is 13.8. The second-order valence-corrected chi connectivity index (χ2v) is 5.52. The maximum absolute atomic E-state index is 10.2. The molecule has 6 heteroatoms. The smallest absolute Gasteiger partial charge is 0.264 e. The van der Waals surface area contributed by atoms with Crippen LogP contribution in [-0.2, 0) is 31.7 Å². The number of hydrogen-bond acceptors (Lipinski definition) is 3. The van der Waals surface area contributed by atoms with Crippen molar-refractivity contribution < 1.29 is 34.2 Å². The molecule has 0 spiro atoms. The predicted octanol–water partition coefficient (Wildman–Crippen LogP) is 3.72. The average molecular weight is 321 g/mol. The summed E-state index contributed by atoms with van der Waals surface area (Å²) in [5.41, 5.74) is 0. The van der Waals surface area contributed by atoms with E-state index in [4.69, 9.17) is 4.55 Å². The minimum Gasteiger partial charge on any atom is -0.264 e. The van der Waals surface area contributed by atoms with Crippen molar-refractivity contribution in [3.63, 3.8) is 0 Å². The first-order valence-electron chi connectivity index (χ1n) is 6.68. The van der Waals surface area contributed by atoms with Crippen LogP contribution in [0.3, 0.4) is 0 Å². The van der Waals surface area contributed by atoms with Crippen LogP contribution < -0.4 is 0 Å². The summed E-state index contributed by atoms with van der Waals surface area (Å²) in [6, 6.07) is 0. The van der Waals surface area contributed by atoms with Gasteiger partial charge in [-0.2, -0.15) is 8.42 Å². The minimum atomic E-state index is -4.23. The van der Waals surface area contributed by atoms with Crippen LogP contribution in [0.2, 0.25) is 0 Å². The Morgan fingerprint density at radius 2 is 1.22 bits per heavy atom. The zero-order chi connectivity index (χ0) is 13.0. The maximum atomic E-state index is 10.2. The summed E-state index contributed by atoms with van der Waals surface area (Å²) in [5, 5.41) is 0. The van der Waals surface area contributed by atoms with Gasteiger partial charge in [-0.1, -0.05) is 64.7 Å². The molecule has 0 fully saturated rings. The van der Waals surface area contributed by atoms with Crippen molar-refractivity contribution in [1.29, 1.82) is 0 Å². The Morgan fingerprint density at radius 3 is 1.61 bits per heavy atom. The molecule has 4 nitrogen and oxygen atoms in total. The molecule has 0 unspecified atom stereocenters. The van der Waals surface area contributed by atoms with Crippen LogP contribution in [0.5, 0.6) is 0 Å². The standard InChI is InChI=1S/C12H26O4S.Mn/c1-2-3-4-5-6-7-8-9-10-11-12-16-17(13,14)15;/h2-12H2,1H3,(H,13,14,15);. The van der Waals surface area contributed by atoms with Gasteiger partial charge in [0.15, 0.2) is 0 Å². The monoisotopic (exact) mass is 321 g/mol. The van der Waals surface area contributed by atoms with Crippen molar-refractivity contribution in [1.82, 2.24) is 0 Å². The Balaban J connectivity index is 0. The molecule has 0 saturated heterocycles. The van der Waals surface area contributed by atoms with E-state index in [0.29, 0.717) is 6.42 Å². The summed E-state index contributed by atoms with van der Waals surface area (Å²) in [7, 11) is -4.23. The molecule has 0 amide bonds. The molecule has 0 rings (SSSR count). The summed E-state index contributed by atoms with van der Waals surface area (Å²) in [6.45, 7) is 2.31. The van der Waals surface area contributed by atoms with Crippen molar-refractivity contribution in [2.24, 2.45) is 0 Å². The summed E-state index contributed by atoms with van der Waals surface area (Å²) < 4.78 is 33.0. The fourth-order valence-corrected chi connectivity index (χ4v) is 2.08. The summed E-state index contributed by atoms with van der Waals surface area (Å²) in [4.78, 5) is 0. The third-order valence-corrected chi connectivity index (χ3v) is 3.19. The van der Waals surface area contributed by atoms with Crippen LogP contribution in [0, 0.1) is 0 Å². The number of unbranched alkanes of at least 4 members (excludes halogenated alkanes) is 9. The topological polar surface area (TPSA) is 63.6 Å². The first-order chi connectivity index (χ1) is 8.06. The molecule has 0 aliphatic rings. The maximum Gasteiger partial charge on any atom is 0.397 e. The Bertz CT molecular complexity index is 255. The van der Waals surface area contributed by atoms with E-state index in [9.17, 15) is 8.42 Å². The van der Waals surface area contributed by atoms with Crippen LogP contribution >= 0.6 is 0 Å². The first-order valence-corrected chi connectivity index (χ1v) is 8.04. The average Bonchev–Trinajstić information content (AvgIpc) is 2.24. The fourth-order valence-electron chi connectivity index (χ4n) is 1.75. The van der Waals surface area contributed by atoms with Crippen LogP contribution in [0.25, 0.3) is 0 Å². The summed E-state index contributed by atoms with van der Waals surface area (Å²) in [6.07, 6.45) is 11.9. The molecule has 0 aromatic heterocycles. The van der Waals surface area contributed by atoms with Crippen molar-refractivity contribution in [3.05, 3.63) is 0 Å². The molecule has 0 aromatic rings. The summed E-state index contributed by atoms with van der Waals surface area (Å²) >= 11 is 0.